The average Bonchev–Trinajstić information content (AvgIpc) is 2.46. The second-order valence-electron chi connectivity index (χ2n) is 5.80. The van der Waals surface area contributed by atoms with Gasteiger partial charge in [-0.15, -0.1) is 0 Å². The number of Topliss-reactive ketones (excluding diaryl/α,β-unsaturated/α-hetero) is 1. The molecular weight excluding hydrogens is 280 g/mol. The van der Waals surface area contributed by atoms with Crippen LogP contribution in [0.1, 0.15) is 87.8 Å². The van der Waals surface area contributed by atoms with Crippen molar-refractivity contribution in [3.05, 3.63) is 27.8 Å². The van der Waals surface area contributed by atoms with E-state index in [1.54, 1.807) is 0 Å². The van der Waals surface area contributed by atoms with Crippen LogP contribution in [-0.4, -0.2) is 10.9 Å². The second kappa shape index (κ2) is 10.2. The summed E-state index contributed by atoms with van der Waals surface area (Å²) >= 11 is 0. The molecular formula is C18H28O4. The van der Waals surface area contributed by atoms with Gasteiger partial charge < -0.3 is 9.52 Å². The number of hydrogen-bond donors (Lipinski definition) is 1. The summed E-state index contributed by atoms with van der Waals surface area (Å²) in [6.07, 6.45) is 9.14. The van der Waals surface area contributed by atoms with Gasteiger partial charge in [0.15, 0.2) is 5.78 Å². The Morgan fingerprint density at radius 3 is 2.32 bits per heavy atom. The van der Waals surface area contributed by atoms with Crippen LogP contribution in [0.3, 0.4) is 0 Å². The molecule has 124 valence electrons. The summed E-state index contributed by atoms with van der Waals surface area (Å²) in [6, 6.07) is 1.42. The Bertz CT molecular complexity index is 516. The number of carbonyl (C=O) groups is 1. The van der Waals surface area contributed by atoms with Gasteiger partial charge in [-0.1, -0.05) is 52.4 Å². The molecule has 0 aliphatic carbocycles. The van der Waals surface area contributed by atoms with Crippen molar-refractivity contribution in [2.75, 3.05) is 0 Å². The molecule has 1 heterocycles. The van der Waals surface area contributed by atoms with E-state index in [1.165, 1.54) is 25.3 Å². The first-order valence-corrected chi connectivity index (χ1v) is 8.49. The number of carbonyl (C=O) groups excluding carboxylic acids is 1. The van der Waals surface area contributed by atoms with Crippen molar-refractivity contribution in [2.24, 2.45) is 0 Å². The molecule has 0 aromatic carbocycles. The zero-order valence-corrected chi connectivity index (χ0v) is 13.8. The molecule has 22 heavy (non-hydrogen) atoms. The van der Waals surface area contributed by atoms with Crippen molar-refractivity contribution >= 4 is 5.78 Å². The van der Waals surface area contributed by atoms with Crippen molar-refractivity contribution in [3.63, 3.8) is 0 Å². The Morgan fingerprint density at radius 1 is 1.05 bits per heavy atom. The highest BCUT2D eigenvalue weighted by atomic mass is 16.4. The Hall–Kier alpha value is -1.58. The normalized spacial score (nSPS) is 10.8. The molecule has 1 aromatic rings. The molecule has 0 spiro atoms. The van der Waals surface area contributed by atoms with Gasteiger partial charge in [0.05, 0.1) is 0 Å². The van der Waals surface area contributed by atoms with E-state index in [4.69, 9.17) is 4.42 Å². The highest BCUT2D eigenvalue weighted by Crippen LogP contribution is 2.19. The van der Waals surface area contributed by atoms with Crippen molar-refractivity contribution in [1.82, 2.24) is 0 Å². The van der Waals surface area contributed by atoms with Gasteiger partial charge in [-0.3, -0.25) is 4.79 Å². The maximum absolute atomic E-state index is 12.0. The third-order valence-corrected chi connectivity index (χ3v) is 3.79. The van der Waals surface area contributed by atoms with Crippen LogP contribution in [-0.2, 0) is 6.42 Å². The lowest BCUT2D eigenvalue weighted by Gasteiger charge is -2.05. The molecule has 0 saturated carbocycles. The van der Waals surface area contributed by atoms with Crippen LogP contribution in [0.4, 0.5) is 0 Å². The minimum atomic E-state index is -0.704. The Balaban J connectivity index is 2.63. The first kappa shape index (κ1) is 18.5. The van der Waals surface area contributed by atoms with E-state index in [9.17, 15) is 14.7 Å². The third kappa shape index (κ3) is 6.04. The number of unbranched alkanes of at least 4 members (excludes halogenated alkanes) is 6. The molecule has 0 saturated heterocycles. The fourth-order valence-electron chi connectivity index (χ4n) is 2.47. The van der Waals surface area contributed by atoms with E-state index < -0.39 is 5.63 Å². The summed E-state index contributed by atoms with van der Waals surface area (Å²) in [7, 11) is 0. The molecule has 0 amide bonds. The lowest BCUT2D eigenvalue weighted by atomic mass is 10.0. The Labute approximate surface area is 132 Å². The van der Waals surface area contributed by atoms with Crippen LogP contribution in [0.5, 0.6) is 5.75 Å². The molecule has 0 radical (unpaired) electrons. The molecule has 0 aliphatic rings. The molecule has 4 heteroatoms. The Morgan fingerprint density at radius 2 is 1.68 bits per heavy atom. The molecule has 0 atom stereocenters. The van der Waals surface area contributed by atoms with E-state index in [-0.39, 0.29) is 23.5 Å². The number of hydrogen-bond acceptors (Lipinski definition) is 4. The first-order chi connectivity index (χ1) is 10.6. The van der Waals surface area contributed by atoms with Crippen LogP contribution >= 0.6 is 0 Å². The highest BCUT2D eigenvalue weighted by molar-refractivity contribution is 5.97. The summed E-state index contributed by atoms with van der Waals surface area (Å²) in [5, 5.41) is 9.96. The molecule has 4 nitrogen and oxygen atoms in total. The molecule has 0 aliphatic heterocycles. The molecule has 0 bridgehead atoms. The number of aromatic hydroxyl groups is 1. The molecule has 1 rings (SSSR count). The van der Waals surface area contributed by atoms with Gasteiger partial charge in [-0.2, -0.15) is 0 Å². The van der Waals surface area contributed by atoms with Gasteiger partial charge in [0.1, 0.15) is 17.1 Å². The predicted octanol–water partition coefficient (Wildman–Crippen LogP) is 4.62. The van der Waals surface area contributed by atoms with Crippen LogP contribution in [0.2, 0.25) is 0 Å². The van der Waals surface area contributed by atoms with Crippen LogP contribution < -0.4 is 5.63 Å². The van der Waals surface area contributed by atoms with Crippen molar-refractivity contribution in [3.8, 4) is 5.75 Å². The SMILES string of the molecule is CCCCCCCc1cc(O)c(C(=O)CCCCC)c(=O)o1. The number of rotatable bonds is 11. The number of aryl methyl sites for hydroxylation is 1. The summed E-state index contributed by atoms with van der Waals surface area (Å²) < 4.78 is 5.19. The number of ketones is 1. The molecule has 0 unspecified atom stereocenters. The van der Waals surface area contributed by atoms with Gasteiger partial charge in [-0.25, -0.2) is 4.79 Å². The van der Waals surface area contributed by atoms with Crippen molar-refractivity contribution in [2.45, 2.75) is 78.1 Å². The van der Waals surface area contributed by atoms with Crippen LogP contribution in [0.15, 0.2) is 15.3 Å². The topological polar surface area (TPSA) is 67.5 Å². The van der Waals surface area contributed by atoms with Gasteiger partial charge in [-0.05, 0) is 12.8 Å². The zero-order chi connectivity index (χ0) is 16.4. The van der Waals surface area contributed by atoms with Gasteiger partial charge in [0, 0.05) is 18.9 Å². The fourth-order valence-corrected chi connectivity index (χ4v) is 2.47. The standard InChI is InChI=1S/C18H28O4/c1-3-5-7-8-10-11-14-13-16(20)17(18(21)22-14)15(19)12-9-6-4-2/h13,20H,3-12H2,1-2H3. The lowest BCUT2D eigenvalue weighted by molar-refractivity contribution is 0.0972. The quantitative estimate of drug-likeness (QED) is 0.478. The van der Waals surface area contributed by atoms with Crippen LogP contribution in [0.25, 0.3) is 0 Å². The van der Waals surface area contributed by atoms with E-state index >= 15 is 0 Å². The summed E-state index contributed by atoms with van der Waals surface area (Å²) in [5.74, 6) is -0.0976. The van der Waals surface area contributed by atoms with E-state index in [0.717, 1.165) is 32.1 Å². The minimum Gasteiger partial charge on any atom is -0.507 e. The minimum absolute atomic E-state index is 0.189. The van der Waals surface area contributed by atoms with E-state index in [1.807, 2.05) is 6.92 Å². The van der Waals surface area contributed by atoms with Gasteiger partial charge >= 0.3 is 5.63 Å². The largest absolute Gasteiger partial charge is 0.507 e. The molecule has 1 aromatic heterocycles. The van der Waals surface area contributed by atoms with E-state index in [2.05, 4.69) is 6.92 Å². The average molecular weight is 308 g/mol. The zero-order valence-electron chi connectivity index (χ0n) is 13.8. The summed E-state index contributed by atoms with van der Waals surface area (Å²) in [4.78, 5) is 23.9. The third-order valence-electron chi connectivity index (χ3n) is 3.79. The summed E-state index contributed by atoms with van der Waals surface area (Å²) in [6.45, 7) is 4.21. The van der Waals surface area contributed by atoms with Gasteiger partial charge in [0.25, 0.3) is 0 Å². The second-order valence-corrected chi connectivity index (χ2v) is 5.80. The summed E-state index contributed by atoms with van der Waals surface area (Å²) in [5.41, 5.74) is -0.893. The monoisotopic (exact) mass is 308 g/mol. The van der Waals surface area contributed by atoms with Crippen molar-refractivity contribution in [1.29, 1.82) is 0 Å². The maximum Gasteiger partial charge on any atom is 0.350 e. The first-order valence-electron chi connectivity index (χ1n) is 8.49. The fraction of sp³-hybridized carbons (Fsp3) is 0.667. The lowest BCUT2D eigenvalue weighted by Crippen LogP contribution is -2.15. The van der Waals surface area contributed by atoms with Crippen molar-refractivity contribution < 1.29 is 14.3 Å². The molecule has 1 N–H and O–H groups in total. The van der Waals surface area contributed by atoms with Crippen LogP contribution in [0, 0.1) is 0 Å². The Kier molecular flexibility index (Phi) is 8.56. The highest BCUT2D eigenvalue weighted by Gasteiger charge is 2.18. The maximum atomic E-state index is 12.0. The van der Waals surface area contributed by atoms with E-state index in [0.29, 0.717) is 12.2 Å². The molecule has 0 fully saturated rings. The smallest absolute Gasteiger partial charge is 0.350 e. The predicted molar refractivity (Wildman–Crippen MR) is 87.6 cm³/mol. The van der Waals surface area contributed by atoms with Gasteiger partial charge in [0.2, 0.25) is 0 Å².